The van der Waals surface area contributed by atoms with Gasteiger partial charge in [-0.05, 0) is 81.7 Å². The van der Waals surface area contributed by atoms with Gasteiger partial charge in [0, 0.05) is 33.3 Å². The molecule has 6 heteroatoms. The minimum atomic E-state index is -0.369. The number of fused-ring (bicyclic) bond motifs is 1. The molecule has 0 spiro atoms. The highest BCUT2D eigenvalue weighted by atomic mass is 32.1. The summed E-state index contributed by atoms with van der Waals surface area (Å²) in [6, 6.07) is 10.3. The molecule has 4 nitrogen and oxygen atoms in total. The molecular formula is C27H28FNO3S. The van der Waals surface area contributed by atoms with Crippen LogP contribution >= 0.6 is 11.3 Å². The fourth-order valence-electron chi connectivity index (χ4n) is 4.58. The van der Waals surface area contributed by atoms with Gasteiger partial charge in [0.05, 0.1) is 12.6 Å². The van der Waals surface area contributed by atoms with Crippen LogP contribution in [-0.2, 0) is 11.3 Å². The van der Waals surface area contributed by atoms with Gasteiger partial charge in [-0.3, -0.25) is 0 Å². The Bertz CT molecular complexity index is 1270. The molecular weight excluding hydrogens is 437 g/mol. The van der Waals surface area contributed by atoms with Crippen LogP contribution < -0.4 is 10.1 Å². The minimum absolute atomic E-state index is 0.0863. The van der Waals surface area contributed by atoms with Crippen molar-refractivity contribution in [3.8, 4) is 16.9 Å². The number of rotatable bonds is 5. The number of allylic oxidation sites excluding steroid dienone is 1. The zero-order valence-corrected chi connectivity index (χ0v) is 20.6. The van der Waals surface area contributed by atoms with Gasteiger partial charge in [-0.15, -0.1) is 11.3 Å². The molecule has 33 heavy (non-hydrogen) atoms. The summed E-state index contributed by atoms with van der Waals surface area (Å²) in [5, 5.41) is 3.58. The lowest BCUT2D eigenvalue weighted by Crippen LogP contribution is -2.32. The molecule has 1 aromatic heterocycles. The summed E-state index contributed by atoms with van der Waals surface area (Å²) in [5.74, 6) is -0.289. The number of hydrogen-bond acceptors (Lipinski definition) is 5. The Hall–Kier alpha value is -3.12. The fraction of sp³-hybridized carbons (Fsp3) is 0.296. The Morgan fingerprint density at radius 3 is 2.52 bits per heavy atom. The first-order chi connectivity index (χ1) is 15.6. The summed E-state index contributed by atoms with van der Waals surface area (Å²) in [6.07, 6.45) is 2.17. The van der Waals surface area contributed by atoms with Crippen molar-refractivity contribution in [3.05, 3.63) is 74.7 Å². The predicted molar refractivity (Wildman–Crippen MR) is 133 cm³/mol. The van der Waals surface area contributed by atoms with Crippen molar-refractivity contribution in [2.45, 2.75) is 46.8 Å². The van der Waals surface area contributed by atoms with E-state index in [4.69, 9.17) is 9.47 Å². The van der Waals surface area contributed by atoms with E-state index < -0.39 is 0 Å². The van der Waals surface area contributed by atoms with E-state index in [0.717, 1.165) is 44.0 Å². The molecule has 0 amide bonds. The molecule has 2 heterocycles. The number of esters is 1. The number of benzene rings is 2. The lowest BCUT2D eigenvalue weighted by Gasteiger charge is -2.34. The lowest BCUT2D eigenvalue weighted by molar-refractivity contribution is 0.0479. The van der Waals surface area contributed by atoms with Gasteiger partial charge < -0.3 is 14.8 Å². The molecule has 0 saturated heterocycles. The predicted octanol–water partition coefficient (Wildman–Crippen LogP) is 7.14. The summed E-state index contributed by atoms with van der Waals surface area (Å²) in [7, 11) is 1.53. The maximum Gasteiger partial charge on any atom is 0.348 e. The number of aryl methyl sites for hydroxylation is 2. The Labute approximate surface area is 198 Å². The first-order valence-corrected chi connectivity index (χ1v) is 11.6. The van der Waals surface area contributed by atoms with Crippen molar-refractivity contribution >= 4 is 28.6 Å². The fourth-order valence-corrected chi connectivity index (χ4v) is 5.34. The molecule has 1 aliphatic rings. The van der Waals surface area contributed by atoms with Gasteiger partial charge in [0.1, 0.15) is 23.1 Å². The second kappa shape index (κ2) is 8.67. The Morgan fingerprint density at radius 1 is 1.09 bits per heavy atom. The summed E-state index contributed by atoms with van der Waals surface area (Å²) in [4.78, 5) is 14.4. The first kappa shape index (κ1) is 23.1. The van der Waals surface area contributed by atoms with Crippen molar-refractivity contribution < 1.29 is 18.7 Å². The summed E-state index contributed by atoms with van der Waals surface area (Å²) in [5.41, 5.74) is 6.36. The first-order valence-electron chi connectivity index (χ1n) is 10.8. The van der Waals surface area contributed by atoms with Crippen molar-refractivity contribution in [2.24, 2.45) is 0 Å². The molecule has 172 valence electrons. The Kier molecular flexibility index (Phi) is 6.06. The van der Waals surface area contributed by atoms with Crippen LogP contribution in [0.3, 0.4) is 0 Å². The van der Waals surface area contributed by atoms with E-state index in [-0.39, 0.29) is 23.9 Å². The van der Waals surface area contributed by atoms with E-state index in [1.165, 1.54) is 30.6 Å². The van der Waals surface area contributed by atoms with Crippen LogP contribution in [0.1, 0.15) is 52.0 Å². The van der Waals surface area contributed by atoms with Gasteiger partial charge in [-0.1, -0.05) is 6.08 Å². The number of hydrogen-bond donors (Lipinski definition) is 1. The van der Waals surface area contributed by atoms with Crippen molar-refractivity contribution in [1.29, 1.82) is 0 Å². The highest BCUT2D eigenvalue weighted by Crippen LogP contribution is 2.44. The van der Waals surface area contributed by atoms with Crippen molar-refractivity contribution in [1.82, 2.24) is 0 Å². The molecule has 0 radical (unpaired) electrons. The molecule has 0 unspecified atom stereocenters. The quantitative estimate of drug-likeness (QED) is 0.407. The second-order valence-electron chi connectivity index (χ2n) is 8.97. The van der Waals surface area contributed by atoms with Gasteiger partial charge in [0.25, 0.3) is 0 Å². The van der Waals surface area contributed by atoms with Crippen LogP contribution in [0.2, 0.25) is 0 Å². The number of nitrogens with one attached hydrogen (secondary N) is 1. The van der Waals surface area contributed by atoms with Crippen LogP contribution in [0.15, 0.2) is 42.5 Å². The van der Waals surface area contributed by atoms with Gasteiger partial charge in [-0.2, -0.15) is 0 Å². The molecule has 1 N–H and O–H groups in total. The number of anilines is 1. The van der Waals surface area contributed by atoms with Gasteiger partial charge in [0.2, 0.25) is 0 Å². The summed E-state index contributed by atoms with van der Waals surface area (Å²) >= 11 is 1.41. The lowest BCUT2D eigenvalue weighted by atomic mass is 9.83. The molecule has 0 bridgehead atoms. The van der Waals surface area contributed by atoms with Gasteiger partial charge >= 0.3 is 5.97 Å². The largest absolute Gasteiger partial charge is 0.496 e. The zero-order valence-electron chi connectivity index (χ0n) is 19.8. The van der Waals surface area contributed by atoms with Crippen LogP contribution in [0.4, 0.5) is 10.1 Å². The van der Waals surface area contributed by atoms with Gasteiger partial charge in [-0.25, -0.2) is 9.18 Å². The van der Waals surface area contributed by atoms with E-state index in [1.807, 2.05) is 19.9 Å². The van der Waals surface area contributed by atoms with Crippen LogP contribution in [0, 0.1) is 19.7 Å². The van der Waals surface area contributed by atoms with Gasteiger partial charge in [0.15, 0.2) is 0 Å². The zero-order chi connectivity index (χ0) is 23.9. The van der Waals surface area contributed by atoms with E-state index in [1.54, 1.807) is 12.1 Å². The highest BCUT2D eigenvalue weighted by molar-refractivity contribution is 7.13. The molecule has 0 saturated carbocycles. The average molecular weight is 466 g/mol. The smallest absolute Gasteiger partial charge is 0.348 e. The van der Waals surface area contributed by atoms with E-state index in [2.05, 4.69) is 38.2 Å². The average Bonchev–Trinajstić information content (AvgIpc) is 3.17. The van der Waals surface area contributed by atoms with Crippen LogP contribution in [-0.4, -0.2) is 18.6 Å². The maximum absolute atomic E-state index is 13.9. The minimum Gasteiger partial charge on any atom is -0.496 e. The molecule has 2 aromatic carbocycles. The third-order valence-electron chi connectivity index (χ3n) is 5.78. The second-order valence-corrected chi connectivity index (χ2v) is 10.3. The van der Waals surface area contributed by atoms with E-state index >= 15 is 0 Å². The summed E-state index contributed by atoms with van der Waals surface area (Å²) < 4.78 is 25.3. The Balaban J connectivity index is 1.88. The standard InChI is InChI=1S/C27H28FNO3S/c1-15-11-21-25(16(2)13-27(4,5)29-21)20(14-32-26(30)23-10-7-17(3)33-23)24(15)19-9-8-18(28)12-22(19)31-6/h7-13,29H,14H2,1-6H3. The van der Waals surface area contributed by atoms with E-state index in [0.29, 0.717) is 10.6 Å². The topological polar surface area (TPSA) is 47.6 Å². The number of carbonyl (C=O) groups excluding carboxylic acids is 1. The van der Waals surface area contributed by atoms with E-state index in [9.17, 15) is 9.18 Å². The number of thiophene rings is 1. The third-order valence-corrected chi connectivity index (χ3v) is 6.76. The molecule has 4 rings (SSSR count). The molecule has 3 aromatic rings. The maximum atomic E-state index is 13.9. The number of ether oxygens (including phenoxy) is 2. The van der Waals surface area contributed by atoms with Crippen molar-refractivity contribution in [2.75, 3.05) is 12.4 Å². The third kappa shape index (κ3) is 4.53. The monoisotopic (exact) mass is 465 g/mol. The number of halogens is 1. The number of methoxy groups -OCH3 is 1. The van der Waals surface area contributed by atoms with Crippen LogP contribution in [0.25, 0.3) is 16.7 Å². The molecule has 0 fully saturated rings. The highest BCUT2D eigenvalue weighted by Gasteiger charge is 2.28. The molecule has 1 aliphatic heterocycles. The summed E-state index contributed by atoms with van der Waals surface area (Å²) in [6.45, 7) is 10.3. The normalized spacial score (nSPS) is 14.2. The Morgan fingerprint density at radius 2 is 1.85 bits per heavy atom. The number of carbonyl (C=O) groups is 1. The molecule has 0 aliphatic carbocycles. The van der Waals surface area contributed by atoms with Crippen molar-refractivity contribution in [3.63, 3.8) is 0 Å². The SMILES string of the molecule is COc1cc(F)ccc1-c1c(C)cc2c(c1COC(=O)c1ccc(C)s1)C(C)=CC(C)(C)N2. The molecule has 0 atom stereocenters. The van der Waals surface area contributed by atoms with Crippen LogP contribution in [0.5, 0.6) is 5.75 Å².